The SMILES string of the molecule is CC1(C)CCCC(C)(C)CC(C)(C)C1. The zero-order chi connectivity index (χ0) is 11.0. The van der Waals surface area contributed by atoms with E-state index in [2.05, 4.69) is 41.5 Å². The summed E-state index contributed by atoms with van der Waals surface area (Å²) in [4.78, 5) is 0. The fourth-order valence-electron chi connectivity index (χ4n) is 3.88. The Labute approximate surface area is 90.5 Å². The van der Waals surface area contributed by atoms with Crippen LogP contribution in [0.15, 0.2) is 0 Å². The largest absolute Gasteiger partial charge is 0.0599 e. The van der Waals surface area contributed by atoms with Crippen LogP contribution in [0.25, 0.3) is 0 Å². The Balaban J connectivity index is 2.76. The van der Waals surface area contributed by atoms with Gasteiger partial charge < -0.3 is 0 Å². The minimum Gasteiger partial charge on any atom is -0.0599 e. The Morgan fingerprint density at radius 3 is 1.29 bits per heavy atom. The standard InChI is InChI=1S/C14H28/c1-12(2)8-7-9-13(3,4)11-14(5,6)10-12/h7-11H2,1-6H3. The molecule has 1 fully saturated rings. The van der Waals surface area contributed by atoms with E-state index in [0.29, 0.717) is 16.2 Å². The van der Waals surface area contributed by atoms with Gasteiger partial charge in [-0.3, -0.25) is 0 Å². The average molecular weight is 196 g/mol. The van der Waals surface area contributed by atoms with Gasteiger partial charge in [-0.1, -0.05) is 48.0 Å². The van der Waals surface area contributed by atoms with Crippen LogP contribution in [0.5, 0.6) is 0 Å². The lowest BCUT2D eigenvalue weighted by atomic mass is 9.62. The first-order valence-corrected chi connectivity index (χ1v) is 6.12. The molecule has 0 aromatic rings. The fraction of sp³-hybridized carbons (Fsp3) is 1.00. The van der Waals surface area contributed by atoms with Gasteiger partial charge in [0.05, 0.1) is 0 Å². The van der Waals surface area contributed by atoms with Crippen LogP contribution >= 0.6 is 0 Å². The molecule has 0 N–H and O–H groups in total. The van der Waals surface area contributed by atoms with Crippen molar-refractivity contribution in [2.24, 2.45) is 16.2 Å². The fourth-order valence-corrected chi connectivity index (χ4v) is 3.88. The molecular weight excluding hydrogens is 168 g/mol. The van der Waals surface area contributed by atoms with E-state index in [1.807, 2.05) is 0 Å². The molecule has 0 atom stereocenters. The van der Waals surface area contributed by atoms with Crippen molar-refractivity contribution in [1.82, 2.24) is 0 Å². The van der Waals surface area contributed by atoms with Gasteiger partial charge in [-0.05, 0) is 41.9 Å². The zero-order valence-corrected chi connectivity index (χ0v) is 11.0. The maximum Gasteiger partial charge on any atom is -0.0344 e. The van der Waals surface area contributed by atoms with Gasteiger partial charge in [-0.25, -0.2) is 0 Å². The number of hydrogen-bond acceptors (Lipinski definition) is 0. The third-order valence-corrected chi connectivity index (χ3v) is 3.62. The van der Waals surface area contributed by atoms with Crippen molar-refractivity contribution in [1.29, 1.82) is 0 Å². The molecule has 0 amide bonds. The maximum atomic E-state index is 2.45. The van der Waals surface area contributed by atoms with E-state index in [0.717, 1.165) is 0 Å². The molecule has 0 saturated heterocycles. The molecule has 0 aromatic heterocycles. The van der Waals surface area contributed by atoms with Crippen molar-refractivity contribution in [3.05, 3.63) is 0 Å². The van der Waals surface area contributed by atoms with Crippen molar-refractivity contribution in [2.75, 3.05) is 0 Å². The number of rotatable bonds is 0. The van der Waals surface area contributed by atoms with E-state index in [-0.39, 0.29) is 0 Å². The quantitative estimate of drug-likeness (QED) is 0.510. The molecule has 0 spiro atoms. The molecule has 0 aliphatic heterocycles. The smallest absolute Gasteiger partial charge is 0.0344 e. The van der Waals surface area contributed by atoms with Gasteiger partial charge in [0.15, 0.2) is 0 Å². The molecule has 0 nitrogen and oxygen atoms in total. The van der Waals surface area contributed by atoms with Crippen LogP contribution in [0.2, 0.25) is 0 Å². The van der Waals surface area contributed by atoms with E-state index in [1.54, 1.807) is 0 Å². The molecule has 0 heteroatoms. The first-order chi connectivity index (χ1) is 6.12. The molecule has 0 radical (unpaired) electrons. The molecule has 1 aliphatic rings. The van der Waals surface area contributed by atoms with Crippen LogP contribution in [0.1, 0.15) is 73.6 Å². The van der Waals surface area contributed by atoms with Crippen LogP contribution in [-0.2, 0) is 0 Å². The van der Waals surface area contributed by atoms with E-state index in [4.69, 9.17) is 0 Å². The van der Waals surface area contributed by atoms with Crippen LogP contribution in [0, 0.1) is 16.2 Å². The van der Waals surface area contributed by atoms with Crippen LogP contribution in [-0.4, -0.2) is 0 Å². The summed E-state index contributed by atoms with van der Waals surface area (Å²) in [5.41, 5.74) is 1.63. The van der Waals surface area contributed by atoms with E-state index in [9.17, 15) is 0 Å². The lowest BCUT2D eigenvalue weighted by Crippen LogP contribution is -2.31. The van der Waals surface area contributed by atoms with Crippen molar-refractivity contribution in [3.63, 3.8) is 0 Å². The molecule has 84 valence electrons. The Kier molecular flexibility index (Phi) is 3.05. The summed E-state index contributed by atoms with van der Waals surface area (Å²) >= 11 is 0. The summed E-state index contributed by atoms with van der Waals surface area (Å²) in [6.07, 6.45) is 6.97. The van der Waals surface area contributed by atoms with Gasteiger partial charge in [0, 0.05) is 0 Å². The first-order valence-electron chi connectivity index (χ1n) is 6.12. The van der Waals surface area contributed by atoms with E-state index >= 15 is 0 Å². The Morgan fingerprint density at radius 1 is 0.571 bits per heavy atom. The predicted octanol–water partition coefficient (Wildman–Crippen LogP) is 5.03. The molecule has 0 aromatic carbocycles. The zero-order valence-electron chi connectivity index (χ0n) is 11.0. The van der Waals surface area contributed by atoms with E-state index in [1.165, 1.54) is 32.1 Å². The van der Waals surface area contributed by atoms with Crippen LogP contribution in [0.3, 0.4) is 0 Å². The third-order valence-electron chi connectivity index (χ3n) is 3.62. The summed E-state index contributed by atoms with van der Waals surface area (Å²) in [5, 5.41) is 0. The summed E-state index contributed by atoms with van der Waals surface area (Å²) in [7, 11) is 0. The highest BCUT2D eigenvalue weighted by atomic mass is 14.4. The van der Waals surface area contributed by atoms with Gasteiger partial charge in [0.1, 0.15) is 0 Å². The molecule has 0 heterocycles. The van der Waals surface area contributed by atoms with Gasteiger partial charge in [-0.15, -0.1) is 0 Å². The van der Waals surface area contributed by atoms with Gasteiger partial charge in [0.25, 0.3) is 0 Å². The second-order valence-corrected chi connectivity index (χ2v) is 7.70. The molecule has 14 heavy (non-hydrogen) atoms. The molecule has 0 unspecified atom stereocenters. The van der Waals surface area contributed by atoms with Gasteiger partial charge in [0.2, 0.25) is 0 Å². The Bertz CT molecular complexity index is 176. The maximum absolute atomic E-state index is 2.45. The normalized spacial score (nSPS) is 30.4. The highest BCUT2D eigenvalue weighted by Crippen LogP contribution is 2.48. The van der Waals surface area contributed by atoms with Crippen molar-refractivity contribution >= 4 is 0 Å². The Hall–Kier alpha value is 0. The summed E-state index contributed by atoms with van der Waals surface area (Å²) in [6.45, 7) is 14.6. The van der Waals surface area contributed by atoms with Crippen molar-refractivity contribution in [3.8, 4) is 0 Å². The Morgan fingerprint density at radius 2 is 0.929 bits per heavy atom. The lowest BCUT2D eigenvalue weighted by molar-refractivity contribution is 0.0830. The highest BCUT2D eigenvalue weighted by Gasteiger charge is 2.36. The van der Waals surface area contributed by atoms with E-state index < -0.39 is 0 Å². The van der Waals surface area contributed by atoms with Crippen LogP contribution in [0.4, 0.5) is 0 Å². The minimum atomic E-state index is 0.521. The summed E-state index contributed by atoms with van der Waals surface area (Å²) < 4.78 is 0. The highest BCUT2D eigenvalue weighted by molar-refractivity contribution is 4.87. The van der Waals surface area contributed by atoms with Crippen molar-refractivity contribution in [2.45, 2.75) is 73.6 Å². The summed E-state index contributed by atoms with van der Waals surface area (Å²) in [5.74, 6) is 0. The number of hydrogen-bond donors (Lipinski definition) is 0. The molecule has 1 aliphatic carbocycles. The monoisotopic (exact) mass is 196 g/mol. The van der Waals surface area contributed by atoms with Crippen LogP contribution < -0.4 is 0 Å². The second-order valence-electron chi connectivity index (χ2n) is 7.70. The molecular formula is C14H28. The molecule has 0 bridgehead atoms. The van der Waals surface area contributed by atoms with Gasteiger partial charge >= 0.3 is 0 Å². The summed E-state index contributed by atoms with van der Waals surface area (Å²) in [6, 6.07) is 0. The van der Waals surface area contributed by atoms with Crippen molar-refractivity contribution < 1.29 is 0 Å². The third kappa shape index (κ3) is 3.63. The predicted molar refractivity (Wildman–Crippen MR) is 64.4 cm³/mol. The molecule has 1 rings (SSSR count). The van der Waals surface area contributed by atoms with Gasteiger partial charge in [-0.2, -0.15) is 0 Å². The lowest BCUT2D eigenvalue weighted by Gasteiger charge is -2.43. The minimum absolute atomic E-state index is 0.521. The molecule has 1 saturated carbocycles. The second kappa shape index (κ2) is 3.54. The topological polar surface area (TPSA) is 0 Å². The average Bonchev–Trinajstić information content (AvgIpc) is 1.75. The first kappa shape index (κ1) is 12.1.